The molecule has 0 spiro atoms. The summed E-state index contributed by atoms with van der Waals surface area (Å²) in [6, 6.07) is 13.2. The van der Waals surface area contributed by atoms with Gasteiger partial charge in [0.1, 0.15) is 17.6 Å². The van der Waals surface area contributed by atoms with Gasteiger partial charge in [0.05, 0.1) is 12.3 Å². The van der Waals surface area contributed by atoms with Gasteiger partial charge in [0.2, 0.25) is 11.8 Å². The fourth-order valence-corrected chi connectivity index (χ4v) is 4.59. The van der Waals surface area contributed by atoms with Gasteiger partial charge in [-0.1, -0.05) is 24.3 Å². The van der Waals surface area contributed by atoms with Gasteiger partial charge in [-0.25, -0.2) is 4.39 Å². The minimum Gasteiger partial charge on any atom is -0.494 e. The van der Waals surface area contributed by atoms with Gasteiger partial charge < -0.3 is 4.74 Å². The van der Waals surface area contributed by atoms with E-state index in [9.17, 15) is 18.8 Å². The van der Waals surface area contributed by atoms with Crippen molar-refractivity contribution in [3.63, 3.8) is 0 Å². The van der Waals surface area contributed by atoms with Gasteiger partial charge in [0, 0.05) is 29.9 Å². The molecule has 1 fully saturated rings. The van der Waals surface area contributed by atoms with Crippen molar-refractivity contribution in [1.29, 1.82) is 0 Å². The van der Waals surface area contributed by atoms with Crippen molar-refractivity contribution >= 4 is 34.2 Å². The Kier molecular flexibility index (Phi) is 4.89. The number of imide groups is 1. The monoisotopic (exact) mass is 432 g/mol. The first-order valence-corrected chi connectivity index (χ1v) is 10.6. The first kappa shape index (κ1) is 20.2. The zero-order valence-electron chi connectivity index (χ0n) is 17.5. The largest absolute Gasteiger partial charge is 0.494 e. The third-order valence-electron chi connectivity index (χ3n) is 6.06. The third-order valence-corrected chi connectivity index (χ3v) is 6.06. The summed E-state index contributed by atoms with van der Waals surface area (Å²) < 4.78 is 20.0. The maximum absolute atomic E-state index is 14.7. The first-order valence-electron chi connectivity index (χ1n) is 10.6. The van der Waals surface area contributed by atoms with E-state index in [4.69, 9.17) is 4.74 Å². The van der Waals surface area contributed by atoms with E-state index < -0.39 is 11.9 Å². The summed E-state index contributed by atoms with van der Waals surface area (Å²) in [7, 11) is 0. The number of anilines is 1. The molecule has 3 amide bonds. The Balaban J connectivity index is 1.54. The number of hydrogen-bond acceptors (Lipinski definition) is 4. The molecule has 2 heterocycles. The average Bonchev–Trinajstić information content (AvgIpc) is 3.05. The van der Waals surface area contributed by atoms with Crippen molar-refractivity contribution in [2.45, 2.75) is 32.2 Å². The Morgan fingerprint density at radius 2 is 1.91 bits per heavy atom. The van der Waals surface area contributed by atoms with Gasteiger partial charge in [-0.15, -0.1) is 0 Å². The lowest BCUT2D eigenvalue weighted by atomic mass is 9.95. The number of hydrogen-bond donors (Lipinski definition) is 1. The highest BCUT2D eigenvalue weighted by Gasteiger charge is 2.40. The number of rotatable bonds is 5. The molecule has 0 saturated carbocycles. The van der Waals surface area contributed by atoms with E-state index in [1.807, 2.05) is 31.2 Å². The Bertz CT molecular complexity index is 1290. The van der Waals surface area contributed by atoms with Crippen LogP contribution in [0.5, 0.6) is 5.75 Å². The standard InChI is InChI=1S/C25H21FN2O4/c1-2-32-16-8-6-15(19(26)13-16)12-14-7-9-18-23-17(14)4-3-5-20(23)28(25(18)31)21-10-11-22(29)27-24(21)30/h3-9,13,21H,2,10-12H2,1H3,(H,27,29,30). The number of carbonyl (C=O) groups is 3. The predicted molar refractivity (Wildman–Crippen MR) is 117 cm³/mol. The molecule has 32 heavy (non-hydrogen) atoms. The van der Waals surface area contributed by atoms with Crippen molar-refractivity contribution in [1.82, 2.24) is 5.32 Å². The van der Waals surface area contributed by atoms with E-state index in [0.717, 1.165) is 16.3 Å². The summed E-state index contributed by atoms with van der Waals surface area (Å²) in [5.41, 5.74) is 2.56. The topological polar surface area (TPSA) is 75.7 Å². The van der Waals surface area contributed by atoms with Crippen LogP contribution in [-0.2, 0) is 16.0 Å². The number of piperidine rings is 1. The van der Waals surface area contributed by atoms with Crippen molar-refractivity contribution in [2.75, 3.05) is 11.5 Å². The molecule has 1 saturated heterocycles. The maximum atomic E-state index is 14.7. The van der Waals surface area contributed by atoms with Crippen LogP contribution in [0, 0.1) is 5.82 Å². The van der Waals surface area contributed by atoms with Crippen molar-refractivity contribution in [2.24, 2.45) is 0 Å². The molecule has 0 radical (unpaired) electrons. The van der Waals surface area contributed by atoms with Gasteiger partial charge in [-0.2, -0.15) is 0 Å². The van der Waals surface area contributed by atoms with Crippen LogP contribution < -0.4 is 15.0 Å². The molecule has 2 aliphatic rings. The van der Waals surface area contributed by atoms with E-state index in [1.54, 1.807) is 18.2 Å². The molecule has 1 unspecified atom stereocenters. The summed E-state index contributed by atoms with van der Waals surface area (Å²) in [6.07, 6.45) is 0.824. The predicted octanol–water partition coefficient (Wildman–Crippen LogP) is 3.73. The molecular formula is C25H21FN2O4. The fraction of sp³-hybridized carbons (Fsp3) is 0.240. The smallest absolute Gasteiger partial charge is 0.259 e. The number of nitrogens with one attached hydrogen (secondary N) is 1. The van der Waals surface area contributed by atoms with Crippen molar-refractivity contribution in [3.8, 4) is 5.75 Å². The third kappa shape index (κ3) is 3.21. The van der Waals surface area contributed by atoms with Crippen LogP contribution in [0.1, 0.15) is 41.3 Å². The molecule has 2 aliphatic heterocycles. The Hall–Kier alpha value is -3.74. The van der Waals surface area contributed by atoms with Crippen LogP contribution in [0.15, 0.2) is 48.5 Å². The molecule has 5 rings (SSSR count). The second-order valence-electron chi connectivity index (χ2n) is 7.98. The molecule has 3 aromatic carbocycles. The van der Waals surface area contributed by atoms with Crippen molar-refractivity contribution < 1.29 is 23.5 Å². The van der Waals surface area contributed by atoms with Crippen LogP contribution in [0.2, 0.25) is 0 Å². The summed E-state index contributed by atoms with van der Waals surface area (Å²) in [4.78, 5) is 38.7. The maximum Gasteiger partial charge on any atom is 0.259 e. The number of carbonyl (C=O) groups excluding carboxylic acids is 3. The van der Waals surface area contributed by atoms with E-state index in [-0.39, 0.29) is 30.5 Å². The zero-order valence-corrected chi connectivity index (χ0v) is 17.5. The fourth-order valence-electron chi connectivity index (χ4n) is 4.59. The summed E-state index contributed by atoms with van der Waals surface area (Å²) in [5.74, 6) is -0.908. The molecule has 3 aromatic rings. The molecule has 0 aromatic heterocycles. The van der Waals surface area contributed by atoms with E-state index in [1.165, 1.54) is 11.0 Å². The molecule has 162 valence electrons. The number of halogens is 1. The van der Waals surface area contributed by atoms with Gasteiger partial charge in [0.15, 0.2) is 0 Å². The molecule has 6 nitrogen and oxygen atoms in total. The zero-order chi connectivity index (χ0) is 22.4. The first-order chi connectivity index (χ1) is 15.5. The van der Waals surface area contributed by atoms with Crippen LogP contribution >= 0.6 is 0 Å². The molecule has 1 N–H and O–H groups in total. The van der Waals surface area contributed by atoms with Gasteiger partial charge in [-0.3, -0.25) is 24.6 Å². The van der Waals surface area contributed by atoms with Gasteiger partial charge in [-0.05, 0) is 48.1 Å². The second kappa shape index (κ2) is 7.75. The second-order valence-corrected chi connectivity index (χ2v) is 7.98. The van der Waals surface area contributed by atoms with Gasteiger partial charge in [0.25, 0.3) is 5.91 Å². The number of amides is 3. The normalized spacial score (nSPS) is 17.8. The van der Waals surface area contributed by atoms with Crippen LogP contribution in [-0.4, -0.2) is 30.4 Å². The lowest BCUT2D eigenvalue weighted by Gasteiger charge is -2.30. The van der Waals surface area contributed by atoms with Gasteiger partial charge >= 0.3 is 0 Å². The van der Waals surface area contributed by atoms with Crippen LogP contribution in [0.3, 0.4) is 0 Å². The molecule has 1 atom stereocenters. The highest BCUT2D eigenvalue weighted by Crippen LogP contribution is 2.41. The Morgan fingerprint density at radius 1 is 1.09 bits per heavy atom. The minimum absolute atomic E-state index is 0.189. The minimum atomic E-state index is -0.731. The lowest BCUT2D eigenvalue weighted by molar-refractivity contribution is -0.134. The number of ether oxygens (including phenoxy) is 1. The van der Waals surface area contributed by atoms with E-state index in [2.05, 4.69) is 5.32 Å². The van der Waals surface area contributed by atoms with E-state index >= 15 is 0 Å². The van der Waals surface area contributed by atoms with Crippen LogP contribution in [0.4, 0.5) is 10.1 Å². The molecular weight excluding hydrogens is 411 g/mol. The lowest BCUT2D eigenvalue weighted by Crippen LogP contribution is -2.53. The SMILES string of the molecule is CCOc1ccc(Cc2ccc3c4c(cccc24)N(C2CCC(=O)NC2=O)C3=O)c(F)c1. The van der Waals surface area contributed by atoms with Crippen molar-refractivity contribution in [3.05, 3.63) is 71.0 Å². The summed E-state index contributed by atoms with van der Waals surface area (Å²) in [5, 5.41) is 3.93. The average molecular weight is 432 g/mol. The molecule has 7 heteroatoms. The Labute approximate surface area is 184 Å². The van der Waals surface area contributed by atoms with E-state index in [0.29, 0.717) is 35.6 Å². The van der Waals surface area contributed by atoms with Crippen LogP contribution in [0.25, 0.3) is 10.8 Å². The highest BCUT2D eigenvalue weighted by molar-refractivity contribution is 6.27. The quantitative estimate of drug-likeness (QED) is 0.624. The summed E-state index contributed by atoms with van der Waals surface area (Å²) >= 11 is 0. The number of benzene rings is 3. The highest BCUT2D eigenvalue weighted by atomic mass is 19.1. The number of nitrogens with zero attached hydrogens (tertiary/aromatic N) is 1. The molecule has 0 aliphatic carbocycles. The Morgan fingerprint density at radius 3 is 2.66 bits per heavy atom. The molecule has 0 bridgehead atoms. The summed E-state index contributed by atoms with van der Waals surface area (Å²) in [6.45, 7) is 2.31.